The fourth-order valence-corrected chi connectivity index (χ4v) is 4.59. The molecule has 0 atom stereocenters. The summed E-state index contributed by atoms with van der Waals surface area (Å²) in [6.45, 7) is 7.07. The van der Waals surface area contributed by atoms with E-state index in [1.54, 1.807) is 0 Å². The summed E-state index contributed by atoms with van der Waals surface area (Å²) in [6, 6.07) is 13.4. The molecule has 36 heavy (non-hydrogen) atoms. The van der Waals surface area contributed by atoms with Gasteiger partial charge in [-0.25, -0.2) is 4.79 Å². The Balaban J connectivity index is 1.92. The molecule has 6 nitrogen and oxygen atoms in total. The molecule has 3 rings (SSSR count). The molecule has 0 spiro atoms. The molecule has 0 unspecified atom stereocenters. The Morgan fingerprint density at radius 3 is 2.50 bits per heavy atom. The second-order valence-corrected chi connectivity index (χ2v) is 8.85. The number of fused-ring (bicyclic) bond motifs is 1. The summed E-state index contributed by atoms with van der Waals surface area (Å²) in [5.74, 6) is 0.173. The van der Waals surface area contributed by atoms with Crippen LogP contribution < -0.4 is 10.3 Å². The molecular weight excluding hydrogens is 454 g/mol. The summed E-state index contributed by atoms with van der Waals surface area (Å²) in [6.07, 6.45) is 6.74. The van der Waals surface area contributed by atoms with Gasteiger partial charge < -0.3 is 18.8 Å². The molecule has 3 aromatic rings. The molecule has 6 heteroatoms. The Morgan fingerprint density at radius 2 is 1.81 bits per heavy atom. The smallest absolute Gasteiger partial charge is 0.341 e. The van der Waals surface area contributed by atoms with Crippen molar-refractivity contribution in [2.75, 3.05) is 14.2 Å². The van der Waals surface area contributed by atoms with Gasteiger partial charge >= 0.3 is 5.97 Å². The highest BCUT2D eigenvalue weighted by Crippen LogP contribution is 2.27. The lowest BCUT2D eigenvalue weighted by Crippen LogP contribution is -2.25. The van der Waals surface area contributed by atoms with E-state index in [0.29, 0.717) is 23.4 Å². The Hall–Kier alpha value is -3.54. The SMILES string of the molecule is CCCCCCc1c(C)c2ccc(OCc3ccccc3/C(=C\OC)C(=O)OC)cc2n(CC)c1=O. The van der Waals surface area contributed by atoms with Crippen LogP contribution in [-0.4, -0.2) is 24.8 Å². The lowest BCUT2D eigenvalue weighted by atomic mass is 9.99. The number of aromatic nitrogens is 1. The van der Waals surface area contributed by atoms with Crippen LogP contribution >= 0.6 is 0 Å². The number of carbonyl (C=O) groups is 1. The highest BCUT2D eigenvalue weighted by molar-refractivity contribution is 6.16. The maximum absolute atomic E-state index is 13.3. The van der Waals surface area contributed by atoms with Gasteiger partial charge in [0, 0.05) is 23.6 Å². The van der Waals surface area contributed by atoms with Gasteiger partial charge in [0.05, 0.1) is 26.0 Å². The zero-order chi connectivity index (χ0) is 26.1. The van der Waals surface area contributed by atoms with Crippen LogP contribution in [0.3, 0.4) is 0 Å². The number of carbonyl (C=O) groups excluding carboxylic acids is 1. The zero-order valence-corrected chi connectivity index (χ0v) is 22.1. The molecule has 0 saturated carbocycles. The first-order valence-electron chi connectivity index (χ1n) is 12.6. The Bertz CT molecular complexity index is 1290. The molecule has 192 valence electrons. The van der Waals surface area contributed by atoms with Gasteiger partial charge in [0.25, 0.3) is 5.56 Å². The van der Waals surface area contributed by atoms with Gasteiger partial charge in [-0.05, 0) is 55.5 Å². The van der Waals surface area contributed by atoms with E-state index < -0.39 is 5.97 Å². The molecule has 0 aliphatic heterocycles. The number of nitrogens with zero attached hydrogens (tertiary/aromatic N) is 1. The summed E-state index contributed by atoms with van der Waals surface area (Å²) in [5.41, 5.74) is 4.76. The molecule has 1 heterocycles. The van der Waals surface area contributed by atoms with Crippen LogP contribution in [0, 0.1) is 6.92 Å². The molecule has 0 bridgehead atoms. The third kappa shape index (κ3) is 5.99. The molecule has 0 saturated heterocycles. The van der Waals surface area contributed by atoms with E-state index in [4.69, 9.17) is 14.2 Å². The average Bonchev–Trinajstić information content (AvgIpc) is 2.90. The quantitative estimate of drug-likeness (QED) is 0.131. The molecular formula is C30H37NO5. The summed E-state index contributed by atoms with van der Waals surface area (Å²) in [5, 5.41) is 1.07. The fourth-order valence-electron chi connectivity index (χ4n) is 4.59. The van der Waals surface area contributed by atoms with Crippen molar-refractivity contribution in [1.29, 1.82) is 0 Å². The summed E-state index contributed by atoms with van der Waals surface area (Å²) in [7, 11) is 2.83. The molecule has 0 aliphatic carbocycles. The second kappa shape index (κ2) is 13.0. The van der Waals surface area contributed by atoms with Crippen LogP contribution in [0.4, 0.5) is 0 Å². The van der Waals surface area contributed by atoms with Crippen LogP contribution in [0.1, 0.15) is 61.8 Å². The predicted octanol–water partition coefficient (Wildman–Crippen LogP) is 6.19. The normalized spacial score (nSPS) is 11.5. The minimum Gasteiger partial charge on any atom is -0.503 e. The van der Waals surface area contributed by atoms with Crippen LogP contribution in [0.15, 0.2) is 53.5 Å². The van der Waals surface area contributed by atoms with E-state index in [0.717, 1.165) is 46.9 Å². The minimum atomic E-state index is -0.483. The summed E-state index contributed by atoms with van der Waals surface area (Å²) >= 11 is 0. The Morgan fingerprint density at radius 1 is 1.03 bits per heavy atom. The largest absolute Gasteiger partial charge is 0.503 e. The van der Waals surface area contributed by atoms with E-state index in [1.807, 2.05) is 60.9 Å². The lowest BCUT2D eigenvalue weighted by molar-refractivity contribution is -0.133. The molecule has 0 aliphatic rings. The Labute approximate surface area is 213 Å². The van der Waals surface area contributed by atoms with Crippen molar-refractivity contribution in [3.63, 3.8) is 0 Å². The first-order valence-corrected chi connectivity index (χ1v) is 12.6. The van der Waals surface area contributed by atoms with Crippen molar-refractivity contribution in [2.24, 2.45) is 0 Å². The first kappa shape index (κ1) is 27.1. The van der Waals surface area contributed by atoms with E-state index in [-0.39, 0.29) is 12.2 Å². The molecule has 0 amide bonds. The number of benzene rings is 2. The number of esters is 1. The van der Waals surface area contributed by atoms with Crippen molar-refractivity contribution < 1.29 is 19.0 Å². The zero-order valence-electron chi connectivity index (χ0n) is 22.1. The van der Waals surface area contributed by atoms with Crippen LogP contribution in [0.2, 0.25) is 0 Å². The predicted molar refractivity (Wildman–Crippen MR) is 144 cm³/mol. The average molecular weight is 492 g/mol. The lowest BCUT2D eigenvalue weighted by Gasteiger charge is -2.17. The van der Waals surface area contributed by atoms with Gasteiger partial charge in [0.1, 0.15) is 17.9 Å². The van der Waals surface area contributed by atoms with E-state index in [1.165, 1.54) is 33.3 Å². The van der Waals surface area contributed by atoms with E-state index in [2.05, 4.69) is 6.92 Å². The topological polar surface area (TPSA) is 66.8 Å². The third-order valence-corrected chi connectivity index (χ3v) is 6.56. The summed E-state index contributed by atoms with van der Waals surface area (Å²) in [4.78, 5) is 25.6. The van der Waals surface area contributed by atoms with Gasteiger partial charge in [-0.1, -0.05) is 50.5 Å². The molecule has 0 N–H and O–H groups in total. The third-order valence-electron chi connectivity index (χ3n) is 6.56. The fraction of sp³-hybridized carbons (Fsp3) is 0.400. The molecule has 0 radical (unpaired) electrons. The highest BCUT2D eigenvalue weighted by atomic mass is 16.5. The number of hydrogen-bond acceptors (Lipinski definition) is 5. The molecule has 2 aromatic carbocycles. The highest BCUT2D eigenvalue weighted by Gasteiger charge is 2.18. The number of hydrogen-bond donors (Lipinski definition) is 0. The minimum absolute atomic E-state index is 0.0916. The standard InChI is InChI=1S/C30H37NO5/c1-6-8-9-10-14-25-21(3)24-17-16-23(18-28(24)31(7-2)29(25)32)36-19-22-13-11-12-15-26(22)27(20-34-4)30(33)35-5/h11-13,15-18,20H,6-10,14,19H2,1-5H3/b27-20+. The number of ether oxygens (including phenoxy) is 3. The first-order chi connectivity index (χ1) is 17.5. The van der Waals surface area contributed by atoms with Gasteiger partial charge in [-0.15, -0.1) is 0 Å². The number of aryl methyl sites for hydroxylation is 2. The number of rotatable bonds is 12. The number of methoxy groups -OCH3 is 2. The number of pyridine rings is 1. The van der Waals surface area contributed by atoms with Crippen molar-refractivity contribution in [2.45, 2.75) is 66.0 Å². The monoisotopic (exact) mass is 491 g/mol. The van der Waals surface area contributed by atoms with Gasteiger partial charge in [0.2, 0.25) is 0 Å². The van der Waals surface area contributed by atoms with E-state index >= 15 is 0 Å². The maximum Gasteiger partial charge on any atom is 0.341 e. The Kier molecular flexibility index (Phi) is 9.74. The van der Waals surface area contributed by atoms with Crippen molar-refractivity contribution in [1.82, 2.24) is 4.57 Å². The van der Waals surface area contributed by atoms with E-state index in [9.17, 15) is 9.59 Å². The van der Waals surface area contributed by atoms with Crippen molar-refractivity contribution in [3.05, 3.63) is 81.3 Å². The maximum atomic E-state index is 13.3. The van der Waals surface area contributed by atoms with Crippen LogP contribution in [0.5, 0.6) is 5.75 Å². The van der Waals surface area contributed by atoms with Crippen molar-refractivity contribution >= 4 is 22.4 Å². The molecule has 1 aromatic heterocycles. The molecule has 0 fully saturated rings. The van der Waals surface area contributed by atoms with Crippen LogP contribution in [-0.2, 0) is 33.8 Å². The van der Waals surface area contributed by atoms with Crippen molar-refractivity contribution in [3.8, 4) is 5.75 Å². The summed E-state index contributed by atoms with van der Waals surface area (Å²) < 4.78 is 18.0. The van der Waals surface area contributed by atoms with Crippen LogP contribution in [0.25, 0.3) is 16.5 Å². The second-order valence-electron chi connectivity index (χ2n) is 8.85. The number of unbranched alkanes of at least 4 members (excludes halogenated alkanes) is 3. The van der Waals surface area contributed by atoms with Gasteiger partial charge in [-0.3, -0.25) is 4.79 Å². The van der Waals surface area contributed by atoms with Gasteiger partial charge in [-0.2, -0.15) is 0 Å². The van der Waals surface area contributed by atoms with Gasteiger partial charge in [0.15, 0.2) is 0 Å².